The zero-order valence-corrected chi connectivity index (χ0v) is 14.4. The van der Waals surface area contributed by atoms with Gasteiger partial charge in [-0.3, -0.25) is 4.79 Å². The number of aromatic hydroxyl groups is 2. The first-order chi connectivity index (χ1) is 10.7. The van der Waals surface area contributed by atoms with Crippen LogP contribution in [-0.4, -0.2) is 16.0 Å². The fourth-order valence-corrected chi connectivity index (χ4v) is 5.43. The Kier molecular flexibility index (Phi) is 3.94. The molecule has 0 amide bonds. The molecule has 0 saturated heterocycles. The molecule has 3 heteroatoms. The lowest BCUT2D eigenvalue weighted by molar-refractivity contribution is -0.142. The van der Waals surface area contributed by atoms with Gasteiger partial charge in [0.2, 0.25) is 0 Å². The van der Waals surface area contributed by atoms with Crippen LogP contribution in [0.25, 0.3) is 0 Å². The van der Waals surface area contributed by atoms with E-state index in [0.717, 1.165) is 19.3 Å². The van der Waals surface area contributed by atoms with E-state index >= 15 is 0 Å². The van der Waals surface area contributed by atoms with Crippen molar-refractivity contribution in [1.29, 1.82) is 0 Å². The van der Waals surface area contributed by atoms with E-state index < -0.39 is 0 Å². The lowest BCUT2D eigenvalue weighted by atomic mass is 9.47. The molecule has 3 nitrogen and oxygen atoms in total. The summed E-state index contributed by atoms with van der Waals surface area (Å²) < 4.78 is 0. The zero-order valence-electron chi connectivity index (χ0n) is 14.4. The number of phenolic OH excluding ortho intramolecular Hbond substituents is 2. The van der Waals surface area contributed by atoms with E-state index in [4.69, 9.17) is 0 Å². The van der Waals surface area contributed by atoms with Crippen LogP contribution in [-0.2, 0) is 11.2 Å². The minimum atomic E-state index is -0.0616. The SMILES string of the molecule is CC1(C)CCC[C@@]2(C)[C@H](Cc3cc(O)ccc3O)C(=O)CC[C@H]12. The third-order valence-corrected chi connectivity index (χ3v) is 6.63. The van der Waals surface area contributed by atoms with E-state index in [9.17, 15) is 15.0 Å². The first-order valence-corrected chi connectivity index (χ1v) is 8.77. The molecule has 0 aromatic heterocycles. The number of ketones is 1. The molecule has 2 N–H and O–H groups in total. The van der Waals surface area contributed by atoms with E-state index in [1.54, 1.807) is 6.07 Å². The Morgan fingerprint density at radius 2 is 1.91 bits per heavy atom. The maximum absolute atomic E-state index is 12.7. The van der Waals surface area contributed by atoms with E-state index in [1.807, 2.05) is 0 Å². The first kappa shape index (κ1) is 16.4. The summed E-state index contributed by atoms with van der Waals surface area (Å²) in [5.41, 5.74) is 0.954. The Morgan fingerprint density at radius 1 is 1.17 bits per heavy atom. The van der Waals surface area contributed by atoms with Crippen molar-refractivity contribution in [1.82, 2.24) is 0 Å². The van der Waals surface area contributed by atoms with Gasteiger partial charge < -0.3 is 10.2 Å². The van der Waals surface area contributed by atoms with Gasteiger partial charge in [0, 0.05) is 12.3 Å². The maximum atomic E-state index is 12.7. The van der Waals surface area contributed by atoms with Gasteiger partial charge in [0.05, 0.1) is 0 Å². The summed E-state index contributed by atoms with van der Waals surface area (Å²) >= 11 is 0. The van der Waals surface area contributed by atoms with Crippen molar-refractivity contribution in [3.05, 3.63) is 23.8 Å². The van der Waals surface area contributed by atoms with Crippen molar-refractivity contribution in [2.24, 2.45) is 22.7 Å². The van der Waals surface area contributed by atoms with Crippen molar-refractivity contribution >= 4 is 5.78 Å². The van der Waals surface area contributed by atoms with Gasteiger partial charge in [-0.15, -0.1) is 0 Å². The second-order valence-corrected chi connectivity index (χ2v) is 8.48. The van der Waals surface area contributed by atoms with Crippen molar-refractivity contribution in [2.75, 3.05) is 0 Å². The Morgan fingerprint density at radius 3 is 2.65 bits per heavy atom. The number of rotatable bonds is 2. The highest BCUT2D eigenvalue weighted by atomic mass is 16.3. The third-order valence-electron chi connectivity index (χ3n) is 6.63. The summed E-state index contributed by atoms with van der Waals surface area (Å²) in [6.07, 6.45) is 5.64. The average Bonchev–Trinajstić information content (AvgIpc) is 2.45. The molecule has 0 unspecified atom stereocenters. The fraction of sp³-hybridized carbons (Fsp3) is 0.650. The number of hydrogen-bond acceptors (Lipinski definition) is 3. The van der Waals surface area contributed by atoms with Crippen LogP contribution in [0.15, 0.2) is 18.2 Å². The number of phenols is 2. The molecule has 23 heavy (non-hydrogen) atoms. The topological polar surface area (TPSA) is 57.5 Å². The lowest BCUT2D eigenvalue weighted by Gasteiger charge is -2.56. The second kappa shape index (κ2) is 5.54. The van der Waals surface area contributed by atoms with E-state index in [0.29, 0.717) is 30.1 Å². The molecule has 2 aliphatic carbocycles. The number of fused-ring (bicyclic) bond motifs is 1. The number of benzene rings is 1. The van der Waals surface area contributed by atoms with Gasteiger partial charge >= 0.3 is 0 Å². The van der Waals surface area contributed by atoms with Gasteiger partial charge in [0.15, 0.2) is 0 Å². The maximum Gasteiger partial charge on any atom is 0.136 e. The summed E-state index contributed by atoms with van der Waals surface area (Å²) in [5, 5.41) is 19.8. The van der Waals surface area contributed by atoms with Gasteiger partial charge in [0.1, 0.15) is 17.3 Å². The fourth-order valence-electron chi connectivity index (χ4n) is 5.43. The Hall–Kier alpha value is -1.51. The highest BCUT2D eigenvalue weighted by molar-refractivity contribution is 5.83. The van der Waals surface area contributed by atoms with Gasteiger partial charge in [0.25, 0.3) is 0 Å². The number of carbonyl (C=O) groups excluding carboxylic acids is 1. The van der Waals surface area contributed by atoms with Crippen LogP contribution in [0, 0.1) is 22.7 Å². The molecule has 126 valence electrons. The molecule has 0 radical (unpaired) electrons. The number of Topliss-reactive ketones (excluding diaryl/α,β-unsaturated/α-hetero) is 1. The summed E-state index contributed by atoms with van der Waals surface area (Å²) in [4.78, 5) is 12.7. The second-order valence-electron chi connectivity index (χ2n) is 8.48. The van der Waals surface area contributed by atoms with Crippen molar-refractivity contribution < 1.29 is 15.0 Å². The summed E-state index contributed by atoms with van der Waals surface area (Å²) in [6.45, 7) is 6.96. The Bertz CT molecular complexity index is 619. The summed E-state index contributed by atoms with van der Waals surface area (Å²) in [7, 11) is 0. The van der Waals surface area contributed by atoms with Gasteiger partial charge in [-0.1, -0.05) is 27.2 Å². The van der Waals surface area contributed by atoms with Crippen LogP contribution in [0.4, 0.5) is 0 Å². The van der Waals surface area contributed by atoms with Crippen LogP contribution in [0.3, 0.4) is 0 Å². The van der Waals surface area contributed by atoms with Crippen LogP contribution >= 0.6 is 0 Å². The molecule has 2 fully saturated rings. The van der Waals surface area contributed by atoms with Gasteiger partial charge in [-0.05, 0) is 66.2 Å². The predicted molar refractivity (Wildman–Crippen MR) is 90.4 cm³/mol. The van der Waals surface area contributed by atoms with Crippen molar-refractivity contribution in [2.45, 2.75) is 59.3 Å². The summed E-state index contributed by atoms with van der Waals surface area (Å²) in [5.74, 6) is 1.13. The molecule has 0 aliphatic heterocycles. The average molecular weight is 316 g/mol. The molecule has 2 aliphatic rings. The molecule has 3 rings (SSSR count). The molecule has 0 spiro atoms. The van der Waals surface area contributed by atoms with Gasteiger partial charge in [-0.25, -0.2) is 0 Å². The molecule has 3 atom stereocenters. The number of carbonyl (C=O) groups is 1. The minimum absolute atomic E-state index is 0.00498. The first-order valence-electron chi connectivity index (χ1n) is 8.77. The van der Waals surface area contributed by atoms with Crippen molar-refractivity contribution in [3.63, 3.8) is 0 Å². The van der Waals surface area contributed by atoms with E-state index in [-0.39, 0.29) is 28.2 Å². The van der Waals surface area contributed by atoms with E-state index in [2.05, 4.69) is 20.8 Å². The Labute approximate surface area is 138 Å². The van der Waals surface area contributed by atoms with Crippen LogP contribution in [0.5, 0.6) is 11.5 Å². The van der Waals surface area contributed by atoms with Crippen LogP contribution in [0.1, 0.15) is 58.4 Å². The lowest BCUT2D eigenvalue weighted by Crippen LogP contribution is -2.52. The van der Waals surface area contributed by atoms with Gasteiger partial charge in [-0.2, -0.15) is 0 Å². The molecule has 0 heterocycles. The van der Waals surface area contributed by atoms with Crippen molar-refractivity contribution in [3.8, 4) is 11.5 Å². The molecule has 2 saturated carbocycles. The number of hydrogen-bond donors (Lipinski definition) is 2. The largest absolute Gasteiger partial charge is 0.508 e. The highest BCUT2D eigenvalue weighted by Gasteiger charge is 2.54. The third kappa shape index (κ3) is 2.75. The Balaban J connectivity index is 1.95. The zero-order chi connectivity index (χ0) is 16.8. The molecule has 1 aromatic carbocycles. The van der Waals surface area contributed by atoms with E-state index in [1.165, 1.54) is 18.6 Å². The minimum Gasteiger partial charge on any atom is -0.508 e. The standard InChI is InChI=1S/C20H28O3/c1-19(2)9-4-10-20(3)15(17(23)7-8-18(19)20)12-13-11-14(21)5-6-16(13)22/h5-6,11,15,18,21-22H,4,7-10,12H2,1-3H3/t15-,18-,20+/m1/s1. The normalized spacial score (nSPS) is 33.3. The molecular formula is C20H28O3. The van der Waals surface area contributed by atoms with Crippen LogP contribution in [0.2, 0.25) is 0 Å². The molecular weight excluding hydrogens is 288 g/mol. The summed E-state index contributed by atoms with van der Waals surface area (Å²) in [6, 6.07) is 4.60. The molecule has 0 bridgehead atoms. The quantitative estimate of drug-likeness (QED) is 0.792. The highest BCUT2D eigenvalue weighted by Crippen LogP contribution is 2.59. The monoisotopic (exact) mass is 316 g/mol. The molecule has 1 aromatic rings. The van der Waals surface area contributed by atoms with Crippen LogP contribution < -0.4 is 0 Å². The smallest absolute Gasteiger partial charge is 0.136 e. The predicted octanol–water partition coefficient (Wildman–Crippen LogP) is 4.45.